The smallest absolute Gasteiger partial charge is 0.230 e. The second kappa shape index (κ2) is 3.49. The number of fused-ring (bicyclic) bond motifs is 1. The van der Waals surface area contributed by atoms with Crippen LogP contribution in [0.25, 0.3) is 22.0 Å². The quantitative estimate of drug-likeness (QED) is 0.718. The van der Waals surface area contributed by atoms with E-state index in [0.717, 1.165) is 22.0 Å². The predicted molar refractivity (Wildman–Crippen MR) is 65.6 cm³/mol. The third-order valence-corrected chi connectivity index (χ3v) is 2.99. The topological polar surface area (TPSA) is 69.9 Å². The number of nitrogen functional groups attached to an aromatic ring is 1. The molecule has 3 rings (SSSR count). The minimum Gasteiger partial charge on any atom is -0.367 e. The second-order valence-electron chi connectivity index (χ2n) is 3.72. The van der Waals surface area contributed by atoms with E-state index in [0.29, 0.717) is 5.15 Å². The third kappa shape index (κ3) is 1.39. The Labute approximate surface area is 102 Å². The van der Waals surface area contributed by atoms with Crippen molar-refractivity contribution in [2.75, 3.05) is 5.73 Å². The molecule has 1 aromatic carbocycles. The number of halogens is 1. The van der Waals surface area contributed by atoms with Gasteiger partial charge in [-0.1, -0.05) is 28.9 Å². The van der Waals surface area contributed by atoms with E-state index in [1.165, 1.54) is 0 Å². The lowest BCUT2D eigenvalue weighted by molar-refractivity contribution is 0.436. The van der Waals surface area contributed by atoms with Gasteiger partial charge in [0.05, 0.1) is 17.3 Å². The molecule has 0 atom stereocenters. The number of aryl methyl sites for hydroxylation is 1. The number of nitrogens with zero attached hydrogens (tertiary/aromatic N) is 3. The number of anilines is 1. The average molecular weight is 249 g/mol. The molecule has 17 heavy (non-hydrogen) atoms. The zero-order valence-corrected chi connectivity index (χ0v) is 9.77. The van der Waals surface area contributed by atoms with Crippen LogP contribution >= 0.6 is 11.6 Å². The lowest BCUT2D eigenvalue weighted by Gasteiger charge is -2.02. The normalized spacial score (nSPS) is 11.2. The molecule has 2 aromatic heterocycles. The highest BCUT2D eigenvalue weighted by Crippen LogP contribution is 2.34. The average Bonchev–Trinajstić information content (AvgIpc) is 2.85. The zero-order chi connectivity index (χ0) is 12.0. The maximum absolute atomic E-state index is 6.05. The molecule has 0 amide bonds. The van der Waals surface area contributed by atoms with Crippen molar-refractivity contribution in [3.63, 3.8) is 0 Å². The highest BCUT2D eigenvalue weighted by molar-refractivity contribution is 6.34. The van der Waals surface area contributed by atoms with Gasteiger partial charge in [-0.2, -0.15) is 5.10 Å². The van der Waals surface area contributed by atoms with Gasteiger partial charge in [0.15, 0.2) is 5.15 Å². The van der Waals surface area contributed by atoms with Crippen LogP contribution in [0, 0.1) is 0 Å². The van der Waals surface area contributed by atoms with E-state index in [2.05, 4.69) is 10.3 Å². The minimum absolute atomic E-state index is 0.287. The van der Waals surface area contributed by atoms with E-state index in [1.807, 2.05) is 25.2 Å². The summed E-state index contributed by atoms with van der Waals surface area (Å²) in [4.78, 5) is 0. The van der Waals surface area contributed by atoms with Gasteiger partial charge in [0, 0.05) is 18.0 Å². The zero-order valence-electron chi connectivity index (χ0n) is 9.01. The summed E-state index contributed by atoms with van der Waals surface area (Å²) in [6, 6.07) is 5.75. The van der Waals surface area contributed by atoms with Crippen molar-refractivity contribution in [3.05, 3.63) is 29.5 Å². The maximum atomic E-state index is 6.05. The van der Waals surface area contributed by atoms with E-state index in [1.54, 1.807) is 10.9 Å². The predicted octanol–water partition coefficient (Wildman–Crippen LogP) is 2.46. The van der Waals surface area contributed by atoms with Crippen molar-refractivity contribution in [2.45, 2.75) is 0 Å². The fourth-order valence-corrected chi connectivity index (χ4v) is 2.23. The summed E-state index contributed by atoms with van der Waals surface area (Å²) >= 11 is 6.05. The Balaban J connectivity index is 2.42. The van der Waals surface area contributed by atoms with Crippen LogP contribution in [0.2, 0.25) is 5.15 Å². The molecular formula is C11H9ClN4O. The van der Waals surface area contributed by atoms with Crippen LogP contribution in [0.4, 0.5) is 5.88 Å². The molecule has 2 N–H and O–H groups in total. The van der Waals surface area contributed by atoms with Crippen LogP contribution < -0.4 is 5.73 Å². The number of benzene rings is 1. The molecular weight excluding hydrogens is 240 g/mol. The molecule has 0 saturated heterocycles. The number of hydrogen-bond donors (Lipinski definition) is 1. The minimum atomic E-state index is 0.287. The fourth-order valence-electron chi connectivity index (χ4n) is 1.96. The van der Waals surface area contributed by atoms with Gasteiger partial charge in [-0.15, -0.1) is 0 Å². The molecule has 0 spiro atoms. The number of para-hydroxylation sites is 1. The summed E-state index contributed by atoms with van der Waals surface area (Å²) in [5.41, 5.74) is 8.29. The van der Waals surface area contributed by atoms with Gasteiger partial charge in [-0.05, 0) is 6.07 Å². The molecule has 2 heterocycles. The molecule has 86 valence electrons. The van der Waals surface area contributed by atoms with E-state index in [-0.39, 0.29) is 5.88 Å². The molecule has 0 fully saturated rings. The Morgan fingerprint density at radius 1 is 1.35 bits per heavy atom. The standard InChI is InChI=1S/C11H9ClN4O/c1-16-9-6(8-5-14-17-11(8)13)3-2-4-7(9)10(12)15-16/h2-5H,13H2,1H3. The highest BCUT2D eigenvalue weighted by atomic mass is 35.5. The lowest BCUT2D eigenvalue weighted by atomic mass is 10.1. The van der Waals surface area contributed by atoms with Crippen LogP contribution in [-0.4, -0.2) is 14.9 Å². The molecule has 0 bridgehead atoms. The second-order valence-corrected chi connectivity index (χ2v) is 4.08. The van der Waals surface area contributed by atoms with E-state index >= 15 is 0 Å². The molecule has 5 nitrogen and oxygen atoms in total. The van der Waals surface area contributed by atoms with E-state index in [9.17, 15) is 0 Å². The first-order valence-corrected chi connectivity index (χ1v) is 5.38. The van der Waals surface area contributed by atoms with Crippen LogP contribution in [0.1, 0.15) is 0 Å². The van der Waals surface area contributed by atoms with Gasteiger partial charge < -0.3 is 10.3 Å². The van der Waals surface area contributed by atoms with Crippen molar-refractivity contribution in [1.29, 1.82) is 0 Å². The summed E-state index contributed by atoms with van der Waals surface area (Å²) < 4.78 is 6.60. The molecule has 0 saturated carbocycles. The summed E-state index contributed by atoms with van der Waals surface area (Å²) in [5, 5.41) is 9.21. The summed E-state index contributed by atoms with van der Waals surface area (Å²) in [6.45, 7) is 0. The first-order chi connectivity index (χ1) is 8.18. The monoisotopic (exact) mass is 248 g/mol. The number of nitrogens with two attached hydrogens (primary N) is 1. The first-order valence-electron chi connectivity index (χ1n) is 5.00. The van der Waals surface area contributed by atoms with Crippen LogP contribution in [-0.2, 0) is 7.05 Å². The lowest BCUT2D eigenvalue weighted by Crippen LogP contribution is -1.92. The molecule has 6 heteroatoms. The van der Waals surface area contributed by atoms with Crippen LogP contribution in [0.15, 0.2) is 28.9 Å². The Bertz CT molecular complexity index is 701. The molecule has 0 aliphatic rings. The summed E-state index contributed by atoms with van der Waals surface area (Å²) in [6.07, 6.45) is 1.59. The van der Waals surface area contributed by atoms with Crippen molar-refractivity contribution < 1.29 is 4.52 Å². The van der Waals surface area contributed by atoms with Gasteiger partial charge in [0.25, 0.3) is 0 Å². The summed E-state index contributed by atoms with van der Waals surface area (Å²) in [5.74, 6) is 0.287. The largest absolute Gasteiger partial charge is 0.367 e. The SMILES string of the molecule is Cn1nc(Cl)c2cccc(-c3cnoc3N)c21. The molecule has 0 unspecified atom stereocenters. The molecule has 0 aliphatic carbocycles. The molecule has 3 aromatic rings. The summed E-state index contributed by atoms with van der Waals surface area (Å²) in [7, 11) is 1.83. The van der Waals surface area contributed by atoms with Crippen molar-refractivity contribution in [1.82, 2.24) is 14.9 Å². The molecule has 0 aliphatic heterocycles. The van der Waals surface area contributed by atoms with Gasteiger partial charge in [0.1, 0.15) is 0 Å². The van der Waals surface area contributed by atoms with Crippen LogP contribution in [0.5, 0.6) is 0 Å². The Morgan fingerprint density at radius 3 is 2.88 bits per heavy atom. The highest BCUT2D eigenvalue weighted by Gasteiger charge is 2.15. The van der Waals surface area contributed by atoms with E-state index < -0.39 is 0 Å². The van der Waals surface area contributed by atoms with Crippen molar-refractivity contribution in [2.24, 2.45) is 7.05 Å². The first kappa shape index (κ1) is 10.2. The van der Waals surface area contributed by atoms with Gasteiger partial charge in [-0.3, -0.25) is 4.68 Å². The maximum Gasteiger partial charge on any atom is 0.230 e. The number of aromatic nitrogens is 3. The molecule has 0 radical (unpaired) electrons. The third-order valence-electron chi connectivity index (χ3n) is 2.71. The fraction of sp³-hybridized carbons (Fsp3) is 0.0909. The van der Waals surface area contributed by atoms with Gasteiger partial charge in [-0.25, -0.2) is 0 Å². The van der Waals surface area contributed by atoms with Crippen molar-refractivity contribution in [3.8, 4) is 11.1 Å². The van der Waals surface area contributed by atoms with Gasteiger partial charge in [0.2, 0.25) is 5.88 Å². The van der Waals surface area contributed by atoms with Crippen molar-refractivity contribution >= 4 is 28.4 Å². The Morgan fingerprint density at radius 2 is 2.18 bits per heavy atom. The van der Waals surface area contributed by atoms with E-state index in [4.69, 9.17) is 21.9 Å². The van der Waals surface area contributed by atoms with Gasteiger partial charge >= 0.3 is 0 Å². The van der Waals surface area contributed by atoms with Crippen LogP contribution in [0.3, 0.4) is 0 Å². The Kier molecular flexibility index (Phi) is 2.09. The number of rotatable bonds is 1. The Hall–Kier alpha value is -2.01. The number of hydrogen-bond acceptors (Lipinski definition) is 4.